The van der Waals surface area contributed by atoms with Gasteiger partial charge in [0.2, 0.25) is 0 Å². The van der Waals surface area contributed by atoms with E-state index in [0.29, 0.717) is 0 Å². The summed E-state index contributed by atoms with van der Waals surface area (Å²) in [6.07, 6.45) is 2.95. The molecule has 116 valence electrons. The monoisotopic (exact) mass is 297 g/mol. The van der Waals surface area contributed by atoms with Crippen molar-refractivity contribution >= 4 is 5.82 Å². The van der Waals surface area contributed by atoms with Crippen LogP contribution in [0.25, 0.3) is 0 Å². The number of nitrogens with zero attached hydrogens (tertiary/aromatic N) is 3. The van der Waals surface area contributed by atoms with Crippen LogP contribution >= 0.6 is 0 Å². The predicted molar refractivity (Wildman–Crippen MR) is 89.6 cm³/mol. The minimum atomic E-state index is 0.861. The highest BCUT2D eigenvalue weighted by Crippen LogP contribution is 2.25. The molecule has 1 aliphatic heterocycles. The van der Waals surface area contributed by atoms with Gasteiger partial charge >= 0.3 is 0 Å². The van der Waals surface area contributed by atoms with Crippen LogP contribution in [0.1, 0.15) is 5.56 Å². The summed E-state index contributed by atoms with van der Waals surface area (Å²) in [5.41, 5.74) is 1.41. The molecule has 0 atom stereocenters. The summed E-state index contributed by atoms with van der Waals surface area (Å²) in [7, 11) is 1.70. The zero-order valence-corrected chi connectivity index (χ0v) is 13.1. The van der Waals surface area contributed by atoms with Crippen molar-refractivity contribution in [1.29, 1.82) is 0 Å². The molecule has 2 aromatic rings. The van der Waals surface area contributed by atoms with Crippen molar-refractivity contribution in [3.05, 3.63) is 54.2 Å². The normalized spacial score (nSPS) is 15.8. The third-order valence-electron chi connectivity index (χ3n) is 4.20. The van der Waals surface area contributed by atoms with E-state index in [2.05, 4.69) is 45.1 Å². The standard InChI is InChI=1S/C18H23N3O/c1-22-17-8-5-10-19-18(17)21-14-12-20(13-15-21)11-9-16-6-3-2-4-7-16/h2-8,10H,9,11-15H2,1H3. The van der Waals surface area contributed by atoms with Gasteiger partial charge in [0.1, 0.15) is 0 Å². The fraction of sp³-hybridized carbons (Fsp3) is 0.389. The molecule has 2 heterocycles. The second kappa shape index (κ2) is 7.27. The smallest absolute Gasteiger partial charge is 0.171 e. The molecule has 0 aliphatic carbocycles. The Hall–Kier alpha value is -2.07. The summed E-state index contributed by atoms with van der Waals surface area (Å²) in [4.78, 5) is 9.32. The van der Waals surface area contributed by atoms with E-state index >= 15 is 0 Å². The van der Waals surface area contributed by atoms with Crippen molar-refractivity contribution in [2.75, 3.05) is 44.7 Å². The molecule has 1 fully saturated rings. The van der Waals surface area contributed by atoms with Gasteiger partial charge in [0.05, 0.1) is 7.11 Å². The summed E-state index contributed by atoms with van der Waals surface area (Å²) < 4.78 is 5.41. The van der Waals surface area contributed by atoms with E-state index in [9.17, 15) is 0 Å². The average molecular weight is 297 g/mol. The molecular formula is C18H23N3O. The van der Waals surface area contributed by atoms with Crippen molar-refractivity contribution in [2.24, 2.45) is 0 Å². The molecule has 3 rings (SSSR count). The van der Waals surface area contributed by atoms with Crippen LogP contribution in [0.15, 0.2) is 48.7 Å². The van der Waals surface area contributed by atoms with Crippen molar-refractivity contribution in [3.8, 4) is 5.75 Å². The molecule has 4 nitrogen and oxygen atoms in total. The number of aromatic nitrogens is 1. The van der Waals surface area contributed by atoms with Gasteiger partial charge in [-0.1, -0.05) is 30.3 Å². The SMILES string of the molecule is COc1cccnc1N1CCN(CCc2ccccc2)CC1. The zero-order valence-electron chi connectivity index (χ0n) is 13.1. The van der Waals surface area contributed by atoms with Gasteiger partial charge in [-0.2, -0.15) is 0 Å². The van der Waals surface area contributed by atoms with E-state index in [0.717, 1.165) is 50.7 Å². The summed E-state index contributed by atoms with van der Waals surface area (Å²) in [5, 5.41) is 0. The van der Waals surface area contributed by atoms with Crippen molar-refractivity contribution in [1.82, 2.24) is 9.88 Å². The van der Waals surface area contributed by atoms with Gasteiger partial charge in [-0.25, -0.2) is 4.98 Å². The minimum Gasteiger partial charge on any atom is -0.493 e. The minimum absolute atomic E-state index is 0.861. The summed E-state index contributed by atoms with van der Waals surface area (Å²) in [6.45, 7) is 5.28. The fourth-order valence-corrected chi connectivity index (χ4v) is 2.89. The van der Waals surface area contributed by atoms with Gasteiger partial charge in [0.25, 0.3) is 0 Å². The molecule has 0 amide bonds. The van der Waals surface area contributed by atoms with Crippen molar-refractivity contribution < 1.29 is 4.74 Å². The Balaban J connectivity index is 1.52. The van der Waals surface area contributed by atoms with Crippen LogP contribution < -0.4 is 9.64 Å². The van der Waals surface area contributed by atoms with E-state index in [1.54, 1.807) is 7.11 Å². The van der Waals surface area contributed by atoms with Crippen molar-refractivity contribution in [2.45, 2.75) is 6.42 Å². The number of rotatable bonds is 5. The zero-order chi connectivity index (χ0) is 15.2. The van der Waals surface area contributed by atoms with Gasteiger partial charge in [-0.3, -0.25) is 4.90 Å². The van der Waals surface area contributed by atoms with Crippen LogP contribution in [0.3, 0.4) is 0 Å². The first kappa shape index (κ1) is 14.9. The van der Waals surface area contributed by atoms with E-state index in [1.165, 1.54) is 5.56 Å². The lowest BCUT2D eigenvalue weighted by Gasteiger charge is -2.35. The second-order valence-corrected chi connectivity index (χ2v) is 5.59. The molecule has 4 heteroatoms. The first-order chi connectivity index (χ1) is 10.9. The Labute approximate surface area is 132 Å². The quantitative estimate of drug-likeness (QED) is 0.847. The van der Waals surface area contributed by atoms with E-state index in [-0.39, 0.29) is 0 Å². The highest BCUT2D eigenvalue weighted by molar-refractivity contribution is 5.52. The summed E-state index contributed by atoms with van der Waals surface area (Å²) >= 11 is 0. The maximum absolute atomic E-state index is 5.41. The molecule has 0 saturated carbocycles. The molecular weight excluding hydrogens is 274 g/mol. The van der Waals surface area contributed by atoms with Crippen LogP contribution in [0.2, 0.25) is 0 Å². The number of piperazine rings is 1. The molecule has 1 aromatic heterocycles. The maximum Gasteiger partial charge on any atom is 0.171 e. The third kappa shape index (κ3) is 3.57. The van der Waals surface area contributed by atoms with Gasteiger partial charge in [0.15, 0.2) is 11.6 Å². The number of hydrogen-bond donors (Lipinski definition) is 0. The summed E-state index contributed by atoms with van der Waals surface area (Å²) in [5.74, 6) is 1.83. The largest absolute Gasteiger partial charge is 0.493 e. The van der Waals surface area contributed by atoms with Crippen LogP contribution in [0, 0.1) is 0 Å². The van der Waals surface area contributed by atoms with Crippen LogP contribution in [-0.2, 0) is 6.42 Å². The Morgan fingerprint density at radius 1 is 1.00 bits per heavy atom. The number of benzene rings is 1. The fourth-order valence-electron chi connectivity index (χ4n) is 2.89. The molecule has 1 aliphatic rings. The van der Waals surface area contributed by atoms with E-state index in [1.807, 2.05) is 18.3 Å². The van der Waals surface area contributed by atoms with Gasteiger partial charge in [-0.05, 0) is 24.1 Å². The molecule has 1 aromatic carbocycles. The molecule has 1 saturated heterocycles. The first-order valence-electron chi connectivity index (χ1n) is 7.87. The number of methoxy groups -OCH3 is 1. The molecule has 0 N–H and O–H groups in total. The van der Waals surface area contributed by atoms with Gasteiger partial charge in [0, 0.05) is 38.9 Å². The Kier molecular flexibility index (Phi) is 4.91. The molecule has 0 radical (unpaired) electrons. The predicted octanol–water partition coefficient (Wildman–Crippen LogP) is 2.45. The number of ether oxygens (including phenoxy) is 1. The summed E-state index contributed by atoms with van der Waals surface area (Å²) in [6, 6.07) is 14.6. The van der Waals surface area contributed by atoms with Crippen LogP contribution in [0.5, 0.6) is 5.75 Å². The van der Waals surface area contributed by atoms with Gasteiger partial charge in [-0.15, -0.1) is 0 Å². The molecule has 0 bridgehead atoms. The topological polar surface area (TPSA) is 28.6 Å². The molecule has 0 unspecified atom stereocenters. The van der Waals surface area contributed by atoms with Gasteiger partial charge < -0.3 is 9.64 Å². The number of hydrogen-bond acceptors (Lipinski definition) is 4. The third-order valence-corrected chi connectivity index (χ3v) is 4.20. The first-order valence-corrected chi connectivity index (χ1v) is 7.87. The molecule has 0 spiro atoms. The highest BCUT2D eigenvalue weighted by Gasteiger charge is 2.20. The molecule has 22 heavy (non-hydrogen) atoms. The Morgan fingerprint density at radius 2 is 1.77 bits per heavy atom. The lowest BCUT2D eigenvalue weighted by atomic mass is 10.1. The Morgan fingerprint density at radius 3 is 2.50 bits per heavy atom. The number of pyridine rings is 1. The average Bonchev–Trinajstić information content (AvgIpc) is 2.61. The Bertz CT molecular complexity index is 580. The lowest BCUT2D eigenvalue weighted by Crippen LogP contribution is -2.47. The van der Waals surface area contributed by atoms with Crippen molar-refractivity contribution in [3.63, 3.8) is 0 Å². The van der Waals surface area contributed by atoms with Crippen LogP contribution in [0.4, 0.5) is 5.82 Å². The lowest BCUT2D eigenvalue weighted by molar-refractivity contribution is 0.259. The highest BCUT2D eigenvalue weighted by atomic mass is 16.5. The van der Waals surface area contributed by atoms with E-state index < -0.39 is 0 Å². The second-order valence-electron chi connectivity index (χ2n) is 5.59. The maximum atomic E-state index is 5.41. The number of anilines is 1. The van der Waals surface area contributed by atoms with Crippen LogP contribution in [-0.4, -0.2) is 49.7 Å². The van der Waals surface area contributed by atoms with E-state index in [4.69, 9.17) is 4.74 Å².